The standard InChI is InChI=1S/C46H31N3.C39H24N4O.C39H24N4S/c1-5-16-32(17-6-1)43-47-44(33-18-7-2-8-19-33)49-45(48-43)36-21-15-20-34(30-36)35-28-29-40-39-26-13-14-27-41(39)46(42(40)31-35,37-22-9-3-10-23-37)38-24-11-4-12-25-38;2*1-3-12-25(13-4-1)37-40-38(26-14-5-2-6-15-26)42-39(41-37)43-33-20-9-7-16-29(33)32-24-27(22-23-34(32)43)28-18-11-19-31-30-17-8-10-21-35(30)44-36(28)31/h1-31H;2*1-24H. The number of aromatic nitrogens is 11. The molecular formula is C124H79N11OS. The van der Waals surface area contributed by atoms with E-state index in [2.05, 4.69) is 294 Å². The minimum atomic E-state index is -0.453. The van der Waals surface area contributed by atoms with Gasteiger partial charge in [0.25, 0.3) is 0 Å². The van der Waals surface area contributed by atoms with Crippen molar-refractivity contribution in [2.24, 2.45) is 0 Å². The molecule has 0 atom stereocenters. The van der Waals surface area contributed by atoms with Crippen LogP contribution in [0.2, 0.25) is 0 Å². The van der Waals surface area contributed by atoms with Crippen LogP contribution in [0.1, 0.15) is 22.3 Å². The van der Waals surface area contributed by atoms with Crippen molar-refractivity contribution in [2.45, 2.75) is 5.41 Å². The van der Waals surface area contributed by atoms with Gasteiger partial charge in [-0.3, -0.25) is 9.13 Å². The number of hydrogen-bond acceptors (Lipinski definition) is 11. The van der Waals surface area contributed by atoms with Crippen LogP contribution < -0.4 is 0 Å². The lowest BCUT2D eigenvalue weighted by molar-refractivity contribution is 0.670. The molecule has 26 aromatic rings. The van der Waals surface area contributed by atoms with E-state index in [1.54, 1.807) is 0 Å². The first-order valence-electron chi connectivity index (χ1n) is 45.9. The fourth-order valence-electron chi connectivity index (χ4n) is 19.9. The van der Waals surface area contributed by atoms with Crippen LogP contribution in [0, 0.1) is 0 Å². The van der Waals surface area contributed by atoms with Crippen LogP contribution in [-0.2, 0) is 5.41 Å². The predicted molar refractivity (Wildman–Crippen MR) is 560 cm³/mol. The first kappa shape index (κ1) is 80.9. The van der Waals surface area contributed by atoms with Crippen LogP contribution in [0.5, 0.6) is 0 Å². The second-order valence-electron chi connectivity index (χ2n) is 34.2. The van der Waals surface area contributed by atoms with Gasteiger partial charge in [0.1, 0.15) is 11.2 Å². The second-order valence-corrected chi connectivity index (χ2v) is 35.2. The summed E-state index contributed by atoms with van der Waals surface area (Å²) < 4.78 is 13.3. The van der Waals surface area contributed by atoms with E-state index in [0.717, 1.165) is 121 Å². The molecule has 27 rings (SSSR count). The second kappa shape index (κ2) is 34.5. The molecular weight excluding hydrogens is 1690 g/mol. The van der Waals surface area contributed by atoms with Crippen LogP contribution >= 0.6 is 11.3 Å². The highest BCUT2D eigenvalue weighted by Crippen LogP contribution is 2.57. The Morgan fingerprint density at radius 1 is 0.197 bits per heavy atom. The maximum Gasteiger partial charge on any atom is 0.238 e. The topological polar surface area (TPSA) is 139 Å². The average Bonchev–Trinajstić information content (AvgIpc) is 1.53. The molecule has 0 spiro atoms. The molecule has 0 N–H and O–H groups in total. The molecule has 19 aromatic carbocycles. The molecule has 0 radical (unpaired) electrons. The Morgan fingerprint density at radius 2 is 0.533 bits per heavy atom. The van der Waals surface area contributed by atoms with Crippen molar-refractivity contribution in [1.29, 1.82) is 0 Å². The maximum atomic E-state index is 6.39. The molecule has 7 heterocycles. The molecule has 0 amide bonds. The van der Waals surface area contributed by atoms with Crippen LogP contribution in [-0.4, -0.2) is 54.0 Å². The summed E-state index contributed by atoms with van der Waals surface area (Å²) in [5.74, 6) is 5.69. The number of benzene rings is 19. The Labute approximate surface area is 792 Å². The minimum absolute atomic E-state index is 0.453. The molecule has 642 valence electrons. The van der Waals surface area contributed by atoms with Gasteiger partial charge < -0.3 is 4.42 Å². The Balaban J connectivity index is 0.000000109. The monoisotopic (exact) mass is 1770 g/mol. The summed E-state index contributed by atoms with van der Waals surface area (Å²) >= 11 is 1.86. The van der Waals surface area contributed by atoms with Gasteiger partial charge in [0.15, 0.2) is 40.8 Å². The van der Waals surface area contributed by atoms with Crippen molar-refractivity contribution in [1.82, 2.24) is 54.0 Å². The lowest BCUT2D eigenvalue weighted by Crippen LogP contribution is -2.28. The Hall–Kier alpha value is -18.2. The zero-order chi connectivity index (χ0) is 90.7. The summed E-state index contributed by atoms with van der Waals surface area (Å²) in [5.41, 5.74) is 26.6. The average molecular weight is 1770 g/mol. The van der Waals surface area contributed by atoms with E-state index in [1.165, 1.54) is 70.1 Å². The largest absolute Gasteiger partial charge is 0.455 e. The summed E-state index contributed by atoms with van der Waals surface area (Å²) in [7, 11) is 0. The van der Waals surface area contributed by atoms with E-state index in [-0.39, 0.29) is 0 Å². The van der Waals surface area contributed by atoms with Crippen LogP contribution in [0.25, 0.3) is 222 Å². The lowest BCUT2D eigenvalue weighted by atomic mass is 9.67. The van der Waals surface area contributed by atoms with Crippen molar-refractivity contribution in [3.05, 3.63) is 501 Å². The highest BCUT2D eigenvalue weighted by Gasteiger charge is 2.46. The van der Waals surface area contributed by atoms with Gasteiger partial charge in [0.2, 0.25) is 11.9 Å². The number of furan rings is 1. The molecule has 12 nitrogen and oxygen atoms in total. The van der Waals surface area contributed by atoms with Crippen molar-refractivity contribution in [2.75, 3.05) is 0 Å². The van der Waals surface area contributed by atoms with Crippen molar-refractivity contribution >= 4 is 97.1 Å². The Bertz CT molecular complexity index is 8520. The van der Waals surface area contributed by atoms with E-state index < -0.39 is 5.41 Å². The zero-order valence-electron chi connectivity index (χ0n) is 73.8. The van der Waals surface area contributed by atoms with Crippen LogP contribution in [0.3, 0.4) is 0 Å². The van der Waals surface area contributed by atoms with E-state index >= 15 is 0 Å². The molecule has 137 heavy (non-hydrogen) atoms. The number of nitrogens with zero attached hydrogens (tertiary/aromatic N) is 11. The van der Waals surface area contributed by atoms with Gasteiger partial charge in [-0.25, -0.2) is 24.9 Å². The molecule has 0 saturated heterocycles. The molecule has 0 unspecified atom stereocenters. The number of fused-ring (bicyclic) bond motifs is 15. The zero-order valence-corrected chi connectivity index (χ0v) is 74.7. The third kappa shape index (κ3) is 14.5. The van der Waals surface area contributed by atoms with Gasteiger partial charge in [-0.15, -0.1) is 11.3 Å². The van der Waals surface area contributed by atoms with Crippen LogP contribution in [0.15, 0.2) is 484 Å². The first-order valence-corrected chi connectivity index (χ1v) is 46.7. The van der Waals surface area contributed by atoms with Gasteiger partial charge in [-0.05, 0) is 122 Å². The molecule has 1 aliphatic carbocycles. The van der Waals surface area contributed by atoms with Crippen LogP contribution in [0.4, 0.5) is 0 Å². The molecule has 0 aliphatic heterocycles. The number of hydrogen-bond donors (Lipinski definition) is 0. The normalized spacial score (nSPS) is 12.0. The lowest BCUT2D eigenvalue weighted by Gasteiger charge is -2.34. The van der Waals surface area contributed by atoms with Crippen molar-refractivity contribution < 1.29 is 4.42 Å². The van der Waals surface area contributed by atoms with E-state index in [0.29, 0.717) is 52.7 Å². The van der Waals surface area contributed by atoms with Gasteiger partial charge in [-0.2, -0.15) is 19.9 Å². The Morgan fingerprint density at radius 3 is 1.04 bits per heavy atom. The van der Waals surface area contributed by atoms with Crippen molar-refractivity contribution in [3.63, 3.8) is 0 Å². The molecule has 13 heteroatoms. The molecule has 0 bridgehead atoms. The maximum absolute atomic E-state index is 6.39. The SMILES string of the molecule is c1ccc(-c2nc(-c3ccccc3)nc(-c3cccc(-c4ccc5c(c4)C(c4ccccc4)(c4ccccc4)c4ccccc4-5)c3)n2)cc1.c1ccc(-c2nc(-c3ccccc3)nc(-n3c4ccccc4c4cc(-c5cccc6c5oc5ccccc56)ccc43)n2)cc1.c1ccc(-c2nc(-c3ccccc3)nc(-n3c4ccccc4c4cc(-c5cccc6c5sc5ccccc56)ccc43)n2)cc1. The van der Waals surface area contributed by atoms with E-state index in [1.807, 2.05) is 205 Å². The molecule has 0 fully saturated rings. The Kier molecular flexibility index (Phi) is 20.4. The number of rotatable bonds is 14. The third-order valence-corrected chi connectivity index (χ3v) is 27.4. The smallest absolute Gasteiger partial charge is 0.238 e. The van der Waals surface area contributed by atoms with Gasteiger partial charge in [-0.1, -0.05) is 419 Å². The number of para-hydroxylation sites is 4. The van der Waals surface area contributed by atoms with E-state index in [9.17, 15) is 0 Å². The van der Waals surface area contributed by atoms with Crippen molar-refractivity contribution in [3.8, 4) is 136 Å². The van der Waals surface area contributed by atoms with Gasteiger partial charge >= 0.3 is 0 Å². The molecule has 7 aromatic heterocycles. The molecule has 0 saturated carbocycles. The summed E-state index contributed by atoms with van der Waals surface area (Å²) in [6.07, 6.45) is 0. The summed E-state index contributed by atoms with van der Waals surface area (Å²) in [4.78, 5) is 44.9. The van der Waals surface area contributed by atoms with Gasteiger partial charge in [0, 0.05) is 97.0 Å². The fourth-order valence-corrected chi connectivity index (χ4v) is 21.1. The van der Waals surface area contributed by atoms with E-state index in [4.69, 9.17) is 49.3 Å². The summed E-state index contributed by atoms with van der Waals surface area (Å²) in [5, 5.41) is 9.43. The summed E-state index contributed by atoms with van der Waals surface area (Å²) in [6, 6.07) is 167. The predicted octanol–water partition coefficient (Wildman–Crippen LogP) is 31.1. The quantitative estimate of drug-likeness (QED) is 0.103. The highest BCUT2D eigenvalue weighted by atomic mass is 32.1. The number of thiophene rings is 1. The first-order chi connectivity index (χ1) is 67.9. The third-order valence-electron chi connectivity index (χ3n) is 26.2. The summed E-state index contributed by atoms with van der Waals surface area (Å²) in [6.45, 7) is 0. The fraction of sp³-hybridized carbons (Fsp3) is 0.00806. The molecule has 1 aliphatic rings. The van der Waals surface area contributed by atoms with Gasteiger partial charge in [0.05, 0.1) is 27.5 Å². The minimum Gasteiger partial charge on any atom is -0.455 e. The highest BCUT2D eigenvalue weighted by molar-refractivity contribution is 7.26.